The molecule has 4 aromatic rings. The fraction of sp³-hybridized carbons (Fsp3) is 0. The molecule has 0 saturated heterocycles. The summed E-state index contributed by atoms with van der Waals surface area (Å²) < 4.78 is 19.4. The second-order valence-corrected chi connectivity index (χ2v) is 5.58. The molecule has 1 N–H and O–H groups in total. The molecule has 0 aliphatic carbocycles. The van der Waals surface area contributed by atoms with Gasteiger partial charge in [0, 0.05) is 21.5 Å². The zero-order chi connectivity index (χ0) is 16.7. The highest BCUT2D eigenvalue weighted by Gasteiger charge is 2.15. The highest BCUT2D eigenvalue weighted by molar-refractivity contribution is 6.31. The van der Waals surface area contributed by atoms with E-state index in [1.807, 2.05) is 6.07 Å². The minimum Gasteiger partial charge on any atom is -0.453 e. The standard InChI is InChI=1S/C17H8ClFN4O/c18-12-5-10(4-11(6-12)16-14(8-20)21-23-22-16)15-7-9-2-1-3-13(19)17(9)24-15/h1-7H,(H,21,22,23). The maximum atomic E-state index is 13.8. The lowest BCUT2D eigenvalue weighted by atomic mass is 10.1. The molecule has 116 valence electrons. The van der Waals surface area contributed by atoms with E-state index in [0.717, 1.165) is 0 Å². The van der Waals surface area contributed by atoms with Crippen LogP contribution >= 0.6 is 11.6 Å². The van der Waals surface area contributed by atoms with E-state index in [4.69, 9.17) is 21.3 Å². The van der Waals surface area contributed by atoms with Crippen LogP contribution in [-0.2, 0) is 0 Å². The van der Waals surface area contributed by atoms with Gasteiger partial charge in [-0.3, -0.25) is 0 Å². The smallest absolute Gasteiger partial charge is 0.170 e. The second kappa shape index (κ2) is 5.48. The van der Waals surface area contributed by atoms with Gasteiger partial charge >= 0.3 is 0 Å². The molecule has 2 heterocycles. The maximum Gasteiger partial charge on any atom is 0.170 e. The number of benzene rings is 2. The van der Waals surface area contributed by atoms with Crippen molar-refractivity contribution >= 4 is 22.6 Å². The summed E-state index contributed by atoms with van der Waals surface area (Å²) in [5.41, 5.74) is 2.08. The van der Waals surface area contributed by atoms with Gasteiger partial charge in [0.15, 0.2) is 17.1 Å². The van der Waals surface area contributed by atoms with Crippen LogP contribution in [0, 0.1) is 17.1 Å². The molecule has 0 atom stereocenters. The molecule has 0 amide bonds. The molecule has 0 aliphatic rings. The maximum absolute atomic E-state index is 13.8. The van der Waals surface area contributed by atoms with E-state index in [1.54, 1.807) is 36.4 Å². The Morgan fingerprint density at radius 1 is 1.17 bits per heavy atom. The third-order valence-electron chi connectivity index (χ3n) is 3.61. The van der Waals surface area contributed by atoms with Gasteiger partial charge in [-0.15, -0.1) is 5.10 Å². The first kappa shape index (κ1) is 14.4. The SMILES string of the molecule is N#Cc1[nH]nnc1-c1cc(Cl)cc(-c2cc3cccc(F)c3o2)c1. The fourth-order valence-electron chi connectivity index (χ4n) is 2.55. The van der Waals surface area contributed by atoms with Crippen molar-refractivity contribution in [3.63, 3.8) is 0 Å². The molecule has 0 fully saturated rings. The molecule has 0 spiro atoms. The molecule has 0 saturated carbocycles. The van der Waals surface area contributed by atoms with Crippen molar-refractivity contribution in [2.75, 3.05) is 0 Å². The molecule has 24 heavy (non-hydrogen) atoms. The van der Waals surface area contributed by atoms with Crippen LogP contribution in [0.5, 0.6) is 0 Å². The van der Waals surface area contributed by atoms with E-state index in [1.165, 1.54) is 6.07 Å². The number of nitrogens with zero attached hydrogens (tertiary/aromatic N) is 3. The first-order valence-electron chi connectivity index (χ1n) is 6.96. The number of fused-ring (bicyclic) bond motifs is 1. The highest BCUT2D eigenvalue weighted by atomic mass is 35.5. The van der Waals surface area contributed by atoms with Gasteiger partial charge in [0.2, 0.25) is 0 Å². The van der Waals surface area contributed by atoms with E-state index in [-0.39, 0.29) is 11.3 Å². The Balaban J connectivity index is 1.89. The number of rotatable bonds is 2. The topological polar surface area (TPSA) is 78.5 Å². The lowest BCUT2D eigenvalue weighted by Crippen LogP contribution is -1.85. The quantitative estimate of drug-likeness (QED) is 0.581. The van der Waals surface area contributed by atoms with E-state index in [0.29, 0.717) is 33.0 Å². The Hall–Kier alpha value is -3.17. The van der Waals surface area contributed by atoms with Crippen molar-refractivity contribution < 1.29 is 8.81 Å². The number of para-hydroxylation sites is 1. The zero-order valence-corrected chi connectivity index (χ0v) is 12.8. The minimum atomic E-state index is -0.427. The summed E-state index contributed by atoms with van der Waals surface area (Å²) in [6, 6.07) is 13.6. The number of nitrogens with one attached hydrogen (secondary N) is 1. The van der Waals surface area contributed by atoms with E-state index < -0.39 is 5.82 Å². The van der Waals surface area contributed by atoms with Gasteiger partial charge in [-0.25, -0.2) is 9.49 Å². The summed E-state index contributed by atoms with van der Waals surface area (Å²) in [5, 5.41) is 20.3. The van der Waals surface area contributed by atoms with Crippen LogP contribution in [0.2, 0.25) is 5.02 Å². The van der Waals surface area contributed by atoms with Gasteiger partial charge in [-0.1, -0.05) is 28.9 Å². The highest BCUT2D eigenvalue weighted by Crippen LogP contribution is 2.34. The van der Waals surface area contributed by atoms with E-state index >= 15 is 0 Å². The predicted octanol–water partition coefficient (Wildman–Crippen LogP) is 4.55. The van der Waals surface area contributed by atoms with Crippen molar-refractivity contribution in [1.29, 1.82) is 5.26 Å². The van der Waals surface area contributed by atoms with Crippen molar-refractivity contribution in [2.24, 2.45) is 0 Å². The lowest BCUT2D eigenvalue weighted by molar-refractivity contribution is 0.569. The zero-order valence-electron chi connectivity index (χ0n) is 12.0. The second-order valence-electron chi connectivity index (χ2n) is 5.14. The molecular weight excluding hydrogens is 331 g/mol. The van der Waals surface area contributed by atoms with Crippen molar-refractivity contribution in [2.45, 2.75) is 0 Å². The van der Waals surface area contributed by atoms with Crippen LogP contribution < -0.4 is 0 Å². The van der Waals surface area contributed by atoms with Gasteiger partial charge in [0.1, 0.15) is 17.5 Å². The number of halogens is 2. The van der Waals surface area contributed by atoms with Gasteiger partial charge in [-0.2, -0.15) is 5.26 Å². The summed E-state index contributed by atoms with van der Waals surface area (Å²) in [7, 11) is 0. The van der Waals surface area contributed by atoms with E-state index in [9.17, 15) is 4.39 Å². The van der Waals surface area contributed by atoms with Crippen LogP contribution in [0.3, 0.4) is 0 Å². The number of aromatic amines is 1. The summed E-state index contributed by atoms with van der Waals surface area (Å²) >= 11 is 6.19. The Kier molecular flexibility index (Phi) is 3.29. The van der Waals surface area contributed by atoms with Crippen molar-refractivity contribution in [3.8, 4) is 28.7 Å². The van der Waals surface area contributed by atoms with Gasteiger partial charge in [-0.05, 0) is 30.3 Å². The first-order valence-corrected chi connectivity index (χ1v) is 7.34. The van der Waals surface area contributed by atoms with Crippen LogP contribution in [0.15, 0.2) is 46.9 Å². The van der Waals surface area contributed by atoms with Gasteiger partial charge in [0.25, 0.3) is 0 Å². The molecule has 0 bridgehead atoms. The Bertz CT molecular complexity index is 1110. The normalized spacial score (nSPS) is 10.9. The molecule has 0 unspecified atom stereocenters. The number of aromatic nitrogens is 3. The van der Waals surface area contributed by atoms with Crippen molar-refractivity contribution in [1.82, 2.24) is 15.4 Å². The summed E-state index contributed by atoms with van der Waals surface area (Å²) in [5.74, 6) is 0.0464. The monoisotopic (exact) mass is 338 g/mol. The molecule has 2 aromatic carbocycles. The molecule has 4 rings (SSSR count). The number of nitriles is 1. The molecule has 0 radical (unpaired) electrons. The summed E-state index contributed by atoms with van der Waals surface area (Å²) in [6.07, 6.45) is 0. The average molecular weight is 339 g/mol. The summed E-state index contributed by atoms with van der Waals surface area (Å²) in [6.45, 7) is 0. The Morgan fingerprint density at radius 3 is 2.79 bits per heavy atom. The fourth-order valence-corrected chi connectivity index (χ4v) is 2.78. The first-order chi connectivity index (χ1) is 11.7. The Morgan fingerprint density at radius 2 is 2.00 bits per heavy atom. The van der Waals surface area contributed by atoms with E-state index in [2.05, 4.69) is 15.4 Å². The van der Waals surface area contributed by atoms with Crippen LogP contribution in [0.1, 0.15) is 5.69 Å². The number of hydrogen-bond acceptors (Lipinski definition) is 4. The summed E-state index contributed by atoms with van der Waals surface area (Å²) in [4.78, 5) is 0. The molecule has 2 aromatic heterocycles. The van der Waals surface area contributed by atoms with Crippen LogP contribution in [0.4, 0.5) is 4.39 Å². The van der Waals surface area contributed by atoms with Gasteiger partial charge < -0.3 is 4.42 Å². The lowest BCUT2D eigenvalue weighted by Gasteiger charge is -2.03. The number of H-pyrrole nitrogens is 1. The Labute approximate surface area is 140 Å². The molecule has 5 nitrogen and oxygen atoms in total. The van der Waals surface area contributed by atoms with Gasteiger partial charge in [0.05, 0.1) is 0 Å². The predicted molar refractivity (Wildman–Crippen MR) is 86.7 cm³/mol. The minimum absolute atomic E-state index is 0.188. The number of hydrogen-bond donors (Lipinski definition) is 1. The van der Waals surface area contributed by atoms with Crippen molar-refractivity contribution in [3.05, 3.63) is 59.0 Å². The third-order valence-corrected chi connectivity index (χ3v) is 3.83. The number of furan rings is 1. The third kappa shape index (κ3) is 2.32. The molecule has 0 aliphatic heterocycles. The average Bonchev–Trinajstić information content (AvgIpc) is 3.21. The molecule has 7 heteroatoms. The largest absolute Gasteiger partial charge is 0.453 e. The molecular formula is C17H8ClFN4O. The van der Waals surface area contributed by atoms with Crippen LogP contribution in [0.25, 0.3) is 33.6 Å². The van der Waals surface area contributed by atoms with Crippen LogP contribution in [-0.4, -0.2) is 15.4 Å².